The summed E-state index contributed by atoms with van der Waals surface area (Å²) in [5.74, 6) is 0. The standard InChI is InChI=1S/C7H12FNO2S/c8-12(10,11)7-3-4-9(5-7)6-1-2-6/h6-7H,1-5H2. The monoisotopic (exact) mass is 193 g/mol. The van der Waals surface area contributed by atoms with E-state index in [0.29, 0.717) is 19.0 Å². The Morgan fingerprint density at radius 2 is 1.92 bits per heavy atom. The van der Waals surface area contributed by atoms with Gasteiger partial charge >= 0.3 is 10.2 Å². The third-order valence-corrected chi connectivity index (χ3v) is 3.82. The zero-order chi connectivity index (χ0) is 8.77. The number of rotatable bonds is 2. The second-order valence-corrected chi connectivity index (χ2v) is 5.23. The van der Waals surface area contributed by atoms with Crippen LogP contribution in [0.2, 0.25) is 0 Å². The average molecular weight is 193 g/mol. The van der Waals surface area contributed by atoms with E-state index in [0.717, 1.165) is 19.4 Å². The summed E-state index contributed by atoms with van der Waals surface area (Å²) in [6.07, 6.45) is 2.77. The lowest BCUT2D eigenvalue weighted by Crippen LogP contribution is -2.26. The molecule has 0 aromatic carbocycles. The van der Waals surface area contributed by atoms with Gasteiger partial charge in [-0.15, -0.1) is 3.89 Å². The van der Waals surface area contributed by atoms with Crippen molar-refractivity contribution in [2.75, 3.05) is 13.1 Å². The van der Waals surface area contributed by atoms with Crippen LogP contribution in [0.3, 0.4) is 0 Å². The van der Waals surface area contributed by atoms with Gasteiger partial charge in [0.05, 0.1) is 0 Å². The summed E-state index contributed by atoms with van der Waals surface area (Å²) in [5, 5.41) is -0.752. The molecule has 1 aliphatic carbocycles. The second kappa shape index (κ2) is 2.67. The molecular weight excluding hydrogens is 181 g/mol. The van der Waals surface area contributed by atoms with Crippen molar-refractivity contribution in [2.24, 2.45) is 0 Å². The quantitative estimate of drug-likeness (QED) is 0.600. The first-order valence-electron chi connectivity index (χ1n) is 4.25. The maximum Gasteiger partial charge on any atom is 0.306 e. The normalized spacial score (nSPS) is 32.6. The molecule has 0 radical (unpaired) electrons. The fourth-order valence-corrected chi connectivity index (χ4v) is 2.51. The molecule has 0 amide bonds. The predicted molar refractivity (Wildman–Crippen MR) is 43.0 cm³/mol. The lowest BCUT2D eigenvalue weighted by Gasteiger charge is -2.12. The number of likely N-dealkylation sites (tertiary alicyclic amines) is 1. The Morgan fingerprint density at radius 1 is 1.25 bits per heavy atom. The van der Waals surface area contributed by atoms with E-state index in [1.165, 1.54) is 0 Å². The zero-order valence-electron chi connectivity index (χ0n) is 6.74. The van der Waals surface area contributed by atoms with E-state index in [4.69, 9.17) is 0 Å². The van der Waals surface area contributed by atoms with E-state index in [1.54, 1.807) is 0 Å². The first-order chi connectivity index (χ1) is 5.57. The third kappa shape index (κ3) is 1.61. The van der Waals surface area contributed by atoms with E-state index in [1.807, 2.05) is 0 Å². The van der Waals surface area contributed by atoms with Crippen LogP contribution in [-0.4, -0.2) is 37.7 Å². The number of hydrogen-bond donors (Lipinski definition) is 0. The molecule has 2 fully saturated rings. The van der Waals surface area contributed by atoms with Crippen molar-refractivity contribution in [3.05, 3.63) is 0 Å². The van der Waals surface area contributed by atoms with E-state index < -0.39 is 15.5 Å². The Morgan fingerprint density at radius 3 is 2.33 bits per heavy atom. The molecule has 0 spiro atoms. The molecule has 0 N–H and O–H groups in total. The van der Waals surface area contributed by atoms with E-state index in [-0.39, 0.29) is 0 Å². The minimum atomic E-state index is -4.28. The maximum absolute atomic E-state index is 12.5. The molecule has 1 saturated heterocycles. The summed E-state index contributed by atoms with van der Waals surface area (Å²) in [6.45, 7) is 1.15. The Bertz CT molecular complexity index is 273. The number of nitrogens with zero attached hydrogens (tertiary/aromatic N) is 1. The molecule has 0 bridgehead atoms. The zero-order valence-corrected chi connectivity index (χ0v) is 7.56. The van der Waals surface area contributed by atoms with E-state index in [9.17, 15) is 12.3 Å². The van der Waals surface area contributed by atoms with Crippen molar-refractivity contribution in [1.82, 2.24) is 4.90 Å². The average Bonchev–Trinajstić information content (AvgIpc) is 2.66. The Labute approximate surface area is 71.8 Å². The smallest absolute Gasteiger partial charge is 0.299 e. The Kier molecular flexibility index (Phi) is 1.88. The molecule has 5 heteroatoms. The summed E-state index contributed by atoms with van der Waals surface area (Å²) in [6, 6.07) is 0.553. The Hall–Kier alpha value is -0.160. The number of hydrogen-bond acceptors (Lipinski definition) is 3. The minimum absolute atomic E-state index is 0.406. The minimum Gasteiger partial charge on any atom is -0.299 e. The van der Waals surface area contributed by atoms with Gasteiger partial charge < -0.3 is 0 Å². The Balaban J connectivity index is 1.97. The molecule has 1 aliphatic heterocycles. The summed E-state index contributed by atoms with van der Waals surface area (Å²) in [5.41, 5.74) is 0. The highest BCUT2D eigenvalue weighted by molar-refractivity contribution is 7.87. The predicted octanol–water partition coefficient (Wildman–Crippen LogP) is 0.522. The van der Waals surface area contributed by atoms with Crippen LogP contribution in [-0.2, 0) is 10.2 Å². The van der Waals surface area contributed by atoms with E-state index in [2.05, 4.69) is 4.90 Å². The van der Waals surface area contributed by atoms with Gasteiger partial charge in [0.15, 0.2) is 0 Å². The molecule has 2 aliphatic rings. The van der Waals surface area contributed by atoms with Gasteiger partial charge in [-0.3, -0.25) is 4.90 Å². The highest BCUT2D eigenvalue weighted by atomic mass is 32.3. The van der Waals surface area contributed by atoms with Gasteiger partial charge in [0.25, 0.3) is 0 Å². The molecule has 1 heterocycles. The van der Waals surface area contributed by atoms with Gasteiger partial charge in [0.1, 0.15) is 5.25 Å². The first-order valence-corrected chi connectivity index (χ1v) is 5.69. The van der Waals surface area contributed by atoms with Gasteiger partial charge in [-0.1, -0.05) is 0 Å². The third-order valence-electron chi connectivity index (χ3n) is 2.64. The van der Waals surface area contributed by atoms with Crippen LogP contribution in [0.15, 0.2) is 0 Å². The van der Waals surface area contributed by atoms with Crippen molar-refractivity contribution in [3.63, 3.8) is 0 Å². The lowest BCUT2D eigenvalue weighted by atomic mass is 10.4. The molecule has 12 heavy (non-hydrogen) atoms. The maximum atomic E-state index is 12.5. The second-order valence-electron chi connectivity index (χ2n) is 3.61. The van der Waals surface area contributed by atoms with Crippen LogP contribution in [0, 0.1) is 0 Å². The molecular formula is C7H12FNO2S. The summed E-state index contributed by atoms with van der Waals surface area (Å²) >= 11 is 0. The van der Waals surface area contributed by atoms with Gasteiger partial charge in [-0.2, -0.15) is 8.42 Å². The molecule has 0 aromatic rings. The molecule has 3 nitrogen and oxygen atoms in total. The van der Waals surface area contributed by atoms with Crippen LogP contribution >= 0.6 is 0 Å². The van der Waals surface area contributed by atoms with Crippen LogP contribution in [0.5, 0.6) is 0 Å². The van der Waals surface area contributed by atoms with Gasteiger partial charge in [-0.05, 0) is 25.8 Å². The van der Waals surface area contributed by atoms with Crippen molar-refractivity contribution in [1.29, 1.82) is 0 Å². The number of halogens is 1. The van der Waals surface area contributed by atoms with Crippen molar-refractivity contribution < 1.29 is 12.3 Å². The van der Waals surface area contributed by atoms with Gasteiger partial charge in [0, 0.05) is 12.6 Å². The molecule has 1 atom stereocenters. The van der Waals surface area contributed by atoms with Crippen molar-refractivity contribution in [2.45, 2.75) is 30.6 Å². The van der Waals surface area contributed by atoms with E-state index >= 15 is 0 Å². The largest absolute Gasteiger partial charge is 0.306 e. The molecule has 1 unspecified atom stereocenters. The highest BCUT2D eigenvalue weighted by Crippen LogP contribution is 2.31. The fraction of sp³-hybridized carbons (Fsp3) is 1.00. The van der Waals surface area contributed by atoms with Crippen LogP contribution in [0.25, 0.3) is 0 Å². The van der Waals surface area contributed by atoms with Gasteiger partial charge in [0.2, 0.25) is 0 Å². The van der Waals surface area contributed by atoms with Gasteiger partial charge in [-0.25, -0.2) is 0 Å². The molecule has 1 saturated carbocycles. The van der Waals surface area contributed by atoms with Crippen molar-refractivity contribution >= 4 is 10.2 Å². The lowest BCUT2D eigenvalue weighted by molar-refractivity contribution is 0.328. The molecule has 70 valence electrons. The topological polar surface area (TPSA) is 37.4 Å². The van der Waals surface area contributed by atoms with Crippen LogP contribution in [0.1, 0.15) is 19.3 Å². The molecule has 0 aromatic heterocycles. The molecule has 2 rings (SSSR count). The highest BCUT2D eigenvalue weighted by Gasteiger charge is 2.39. The first kappa shape index (κ1) is 8.44. The summed E-state index contributed by atoms with van der Waals surface area (Å²) < 4.78 is 33.6. The summed E-state index contributed by atoms with van der Waals surface area (Å²) in [7, 11) is -4.28. The van der Waals surface area contributed by atoms with Crippen LogP contribution in [0.4, 0.5) is 3.89 Å². The van der Waals surface area contributed by atoms with Crippen molar-refractivity contribution in [3.8, 4) is 0 Å². The summed E-state index contributed by atoms with van der Waals surface area (Å²) in [4.78, 5) is 2.09. The van der Waals surface area contributed by atoms with Crippen LogP contribution < -0.4 is 0 Å². The fourth-order valence-electron chi connectivity index (χ4n) is 1.76. The SMILES string of the molecule is O=S(=O)(F)C1CCN(C2CC2)C1.